The van der Waals surface area contributed by atoms with Gasteiger partial charge in [-0.2, -0.15) is 0 Å². The van der Waals surface area contributed by atoms with Crippen LogP contribution in [0.25, 0.3) is 0 Å². The van der Waals surface area contributed by atoms with E-state index < -0.39 is 0 Å². The van der Waals surface area contributed by atoms with Crippen molar-refractivity contribution in [1.29, 1.82) is 0 Å². The molecule has 84 valence electrons. The van der Waals surface area contributed by atoms with Crippen molar-refractivity contribution >= 4 is 0 Å². The molecule has 1 saturated carbocycles. The van der Waals surface area contributed by atoms with Gasteiger partial charge in [-0.25, -0.2) is 0 Å². The maximum atomic E-state index is 8.63. The van der Waals surface area contributed by atoms with Crippen LogP contribution in [0.1, 0.15) is 38.5 Å². The molecular formula is C11H23NO2. The largest absolute Gasteiger partial charge is 0.396 e. The van der Waals surface area contributed by atoms with Gasteiger partial charge in [0.2, 0.25) is 0 Å². The van der Waals surface area contributed by atoms with Gasteiger partial charge < -0.3 is 15.2 Å². The lowest BCUT2D eigenvalue weighted by Crippen LogP contribution is -2.35. The van der Waals surface area contributed by atoms with Crippen molar-refractivity contribution in [2.45, 2.75) is 50.7 Å². The second-order valence-electron chi connectivity index (χ2n) is 4.09. The van der Waals surface area contributed by atoms with Gasteiger partial charge in [-0.1, -0.05) is 0 Å². The molecule has 1 fully saturated rings. The fourth-order valence-electron chi connectivity index (χ4n) is 2.05. The van der Waals surface area contributed by atoms with Crippen LogP contribution in [0.2, 0.25) is 0 Å². The van der Waals surface area contributed by atoms with E-state index in [2.05, 4.69) is 5.32 Å². The Morgan fingerprint density at radius 3 is 2.50 bits per heavy atom. The highest BCUT2D eigenvalue weighted by atomic mass is 16.5. The smallest absolute Gasteiger partial charge is 0.0572 e. The summed E-state index contributed by atoms with van der Waals surface area (Å²) in [4.78, 5) is 0. The van der Waals surface area contributed by atoms with Crippen molar-refractivity contribution in [2.24, 2.45) is 0 Å². The normalized spacial score (nSPS) is 27.9. The molecule has 0 saturated heterocycles. The van der Waals surface area contributed by atoms with Crippen molar-refractivity contribution in [3.05, 3.63) is 0 Å². The highest BCUT2D eigenvalue weighted by molar-refractivity contribution is 4.77. The number of nitrogens with one attached hydrogen (secondary N) is 1. The molecule has 0 aromatic carbocycles. The van der Waals surface area contributed by atoms with Crippen LogP contribution in [0.4, 0.5) is 0 Å². The molecule has 0 bridgehead atoms. The Bertz CT molecular complexity index is 133. The summed E-state index contributed by atoms with van der Waals surface area (Å²) in [5, 5.41) is 12.2. The van der Waals surface area contributed by atoms with Crippen molar-refractivity contribution < 1.29 is 9.84 Å². The highest BCUT2D eigenvalue weighted by Crippen LogP contribution is 2.20. The molecular weight excluding hydrogens is 178 g/mol. The molecule has 0 heterocycles. The number of ether oxygens (including phenoxy) is 1. The third-order valence-electron chi connectivity index (χ3n) is 3.03. The fourth-order valence-corrected chi connectivity index (χ4v) is 2.05. The number of aliphatic hydroxyl groups is 1. The van der Waals surface area contributed by atoms with E-state index in [1.807, 2.05) is 0 Å². The molecule has 0 amide bonds. The second kappa shape index (κ2) is 7.21. The Morgan fingerprint density at radius 2 is 1.93 bits per heavy atom. The Morgan fingerprint density at radius 1 is 1.21 bits per heavy atom. The monoisotopic (exact) mass is 201 g/mol. The zero-order valence-electron chi connectivity index (χ0n) is 9.17. The summed E-state index contributed by atoms with van der Waals surface area (Å²) in [6.07, 6.45) is 7.34. The third kappa shape index (κ3) is 4.40. The molecule has 0 spiro atoms. The molecule has 0 unspecified atom stereocenters. The summed E-state index contributed by atoms with van der Waals surface area (Å²) in [5.41, 5.74) is 0. The molecule has 1 aliphatic rings. The number of hydrogen-bond acceptors (Lipinski definition) is 3. The van der Waals surface area contributed by atoms with E-state index in [4.69, 9.17) is 9.84 Å². The van der Waals surface area contributed by atoms with Crippen molar-refractivity contribution in [3.63, 3.8) is 0 Å². The van der Waals surface area contributed by atoms with E-state index in [1.54, 1.807) is 7.11 Å². The molecule has 0 aromatic heterocycles. The van der Waals surface area contributed by atoms with Gasteiger partial charge in [0.1, 0.15) is 0 Å². The maximum absolute atomic E-state index is 8.63. The van der Waals surface area contributed by atoms with Gasteiger partial charge >= 0.3 is 0 Å². The van der Waals surface area contributed by atoms with Crippen LogP contribution in [0.15, 0.2) is 0 Å². The van der Waals surface area contributed by atoms with Gasteiger partial charge in [0.05, 0.1) is 6.10 Å². The fraction of sp³-hybridized carbons (Fsp3) is 1.00. The first-order valence-electron chi connectivity index (χ1n) is 5.74. The minimum absolute atomic E-state index is 0.318. The molecule has 0 aliphatic heterocycles. The number of methoxy groups -OCH3 is 1. The summed E-state index contributed by atoms with van der Waals surface area (Å²) in [7, 11) is 1.81. The first-order valence-corrected chi connectivity index (χ1v) is 5.74. The molecule has 2 N–H and O–H groups in total. The van der Waals surface area contributed by atoms with Gasteiger partial charge in [-0.05, 0) is 45.1 Å². The average Bonchev–Trinajstić information content (AvgIpc) is 2.25. The van der Waals surface area contributed by atoms with Crippen LogP contribution in [-0.2, 0) is 4.74 Å². The van der Waals surface area contributed by atoms with Crippen molar-refractivity contribution in [1.82, 2.24) is 5.32 Å². The average molecular weight is 201 g/mol. The van der Waals surface area contributed by atoms with Crippen molar-refractivity contribution in [3.8, 4) is 0 Å². The molecule has 0 aromatic rings. The number of unbranched alkanes of at least 4 members (excludes halogenated alkanes) is 1. The molecule has 3 heteroatoms. The SMILES string of the molecule is COC1CCC(NCCCCO)CC1. The topological polar surface area (TPSA) is 41.5 Å². The number of rotatable bonds is 6. The Kier molecular flexibility index (Phi) is 6.15. The van der Waals surface area contributed by atoms with Gasteiger partial charge in [0.15, 0.2) is 0 Å². The van der Waals surface area contributed by atoms with Crippen LogP contribution in [0, 0.1) is 0 Å². The summed E-state index contributed by atoms with van der Waals surface area (Å²) in [5.74, 6) is 0. The molecule has 0 atom stereocenters. The maximum Gasteiger partial charge on any atom is 0.0572 e. The summed E-state index contributed by atoms with van der Waals surface area (Å²) >= 11 is 0. The van der Waals surface area contributed by atoms with E-state index in [-0.39, 0.29) is 0 Å². The zero-order valence-corrected chi connectivity index (χ0v) is 9.17. The molecule has 0 radical (unpaired) electrons. The lowest BCUT2D eigenvalue weighted by molar-refractivity contribution is 0.0625. The lowest BCUT2D eigenvalue weighted by atomic mass is 9.93. The van der Waals surface area contributed by atoms with Crippen molar-refractivity contribution in [2.75, 3.05) is 20.3 Å². The predicted molar refractivity (Wildman–Crippen MR) is 57.4 cm³/mol. The third-order valence-corrected chi connectivity index (χ3v) is 3.03. The second-order valence-corrected chi connectivity index (χ2v) is 4.09. The first-order chi connectivity index (χ1) is 6.86. The quantitative estimate of drug-likeness (QED) is 0.637. The molecule has 14 heavy (non-hydrogen) atoms. The minimum atomic E-state index is 0.318. The van der Waals surface area contributed by atoms with Gasteiger partial charge in [-0.3, -0.25) is 0 Å². The predicted octanol–water partition coefficient (Wildman–Crippen LogP) is 1.31. The van der Waals surface area contributed by atoms with Crippen LogP contribution in [0.5, 0.6) is 0 Å². The Labute approximate surface area is 86.8 Å². The number of hydrogen-bond donors (Lipinski definition) is 2. The van der Waals surface area contributed by atoms with Crippen LogP contribution >= 0.6 is 0 Å². The molecule has 3 nitrogen and oxygen atoms in total. The summed E-state index contributed by atoms with van der Waals surface area (Å²) in [6.45, 7) is 1.36. The number of aliphatic hydroxyl groups excluding tert-OH is 1. The minimum Gasteiger partial charge on any atom is -0.396 e. The molecule has 1 aliphatic carbocycles. The summed E-state index contributed by atoms with van der Waals surface area (Å²) < 4.78 is 5.32. The van der Waals surface area contributed by atoms with E-state index in [0.717, 1.165) is 19.4 Å². The summed E-state index contributed by atoms with van der Waals surface area (Å²) in [6, 6.07) is 0.681. The van der Waals surface area contributed by atoms with Gasteiger partial charge in [-0.15, -0.1) is 0 Å². The molecule has 1 rings (SSSR count). The van der Waals surface area contributed by atoms with Gasteiger partial charge in [0, 0.05) is 19.8 Å². The lowest BCUT2D eigenvalue weighted by Gasteiger charge is -2.28. The van der Waals surface area contributed by atoms with Crippen LogP contribution in [0.3, 0.4) is 0 Å². The highest BCUT2D eigenvalue weighted by Gasteiger charge is 2.19. The van der Waals surface area contributed by atoms with Crippen LogP contribution < -0.4 is 5.32 Å². The van der Waals surface area contributed by atoms with E-state index in [0.29, 0.717) is 18.8 Å². The first kappa shape index (κ1) is 12.0. The van der Waals surface area contributed by atoms with Crippen LogP contribution in [-0.4, -0.2) is 37.5 Å². The van der Waals surface area contributed by atoms with E-state index >= 15 is 0 Å². The van der Waals surface area contributed by atoms with E-state index in [1.165, 1.54) is 25.7 Å². The van der Waals surface area contributed by atoms with E-state index in [9.17, 15) is 0 Å². The Hall–Kier alpha value is -0.120. The zero-order chi connectivity index (χ0) is 10.2. The van der Waals surface area contributed by atoms with Gasteiger partial charge in [0.25, 0.3) is 0 Å². The standard InChI is InChI=1S/C11H23NO2/c1-14-11-6-4-10(5-7-11)12-8-2-3-9-13/h10-13H,2-9H2,1H3. The Balaban J connectivity index is 1.98.